The number of unbranched alkanes of at least 4 members (excludes halogenated alkanes) is 2. The summed E-state index contributed by atoms with van der Waals surface area (Å²) in [7, 11) is 0. The minimum Gasteiger partial charge on any atom is -0.365 e. The van der Waals surface area contributed by atoms with Crippen LogP contribution in [0.1, 0.15) is 52.4 Å². The normalized spacial score (nSPS) is 12.5. The van der Waals surface area contributed by atoms with Crippen molar-refractivity contribution in [2.24, 2.45) is 0 Å². The van der Waals surface area contributed by atoms with Crippen LogP contribution in [-0.4, -0.2) is 17.4 Å². The molecule has 1 atom stereocenters. The largest absolute Gasteiger partial charge is 0.365 e. The Balaban J connectivity index is 3.34. The summed E-state index contributed by atoms with van der Waals surface area (Å²) in [5.41, 5.74) is 0. The topological polar surface area (TPSA) is 55.8 Å². The lowest BCUT2D eigenvalue weighted by Crippen LogP contribution is -2.15. The van der Waals surface area contributed by atoms with Gasteiger partial charge in [-0.3, -0.25) is 4.89 Å². The Kier molecular flexibility index (Phi) is 8.57. The van der Waals surface area contributed by atoms with Crippen molar-refractivity contribution >= 4 is 5.97 Å². The summed E-state index contributed by atoms with van der Waals surface area (Å²) in [5, 5.41) is 9.07. The molecule has 0 amide bonds. The van der Waals surface area contributed by atoms with E-state index in [0.29, 0.717) is 12.8 Å². The van der Waals surface area contributed by atoms with Crippen molar-refractivity contribution in [3.8, 4) is 0 Å². The van der Waals surface area contributed by atoms with Gasteiger partial charge in [0, 0.05) is 12.8 Å². The molecule has 0 rings (SSSR count). The van der Waals surface area contributed by atoms with Gasteiger partial charge in [-0.2, -0.15) is 4.89 Å². The zero-order chi connectivity index (χ0) is 10.8. The van der Waals surface area contributed by atoms with Gasteiger partial charge in [-0.25, -0.2) is 4.79 Å². The minimum absolute atomic E-state index is 0.354. The molecule has 0 radical (unpaired) electrons. The Morgan fingerprint density at radius 3 is 2.57 bits per heavy atom. The average molecular weight is 204 g/mol. The molecule has 0 aromatic heterocycles. The third kappa shape index (κ3) is 8.01. The number of aliphatic hydroxyl groups is 1. The second-order valence-corrected chi connectivity index (χ2v) is 3.25. The van der Waals surface area contributed by atoms with Crippen molar-refractivity contribution < 1.29 is 19.7 Å². The molecule has 0 aliphatic rings. The van der Waals surface area contributed by atoms with E-state index in [0.717, 1.165) is 25.7 Å². The van der Waals surface area contributed by atoms with Crippen molar-refractivity contribution in [2.45, 2.75) is 58.7 Å². The number of hydrogen-bond donors (Lipinski definition) is 1. The Hall–Kier alpha value is -0.610. The molecule has 0 aromatic rings. The van der Waals surface area contributed by atoms with E-state index in [4.69, 9.17) is 5.11 Å². The molecule has 4 heteroatoms. The van der Waals surface area contributed by atoms with Crippen LogP contribution < -0.4 is 0 Å². The third-order valence-electron chi connectivity index (χ3n) is 1.77. The van der Waals surface area contributed by atoms with E-state index in [2.05, 4.69) is 16.7 Å². The molecular formula is C10H20O4. The lowest BCUT2D eigenvalue weighted by molar-refractivity contribution is -0.343. The monoisotopic (exact) mass is 204 g/mol. The summed E-state index contributed by atoms with van der Waals surface area (Å²) >= 11 is 0. The van der Waals surface area contributed by atoms with Crippen molar-refractivity contribution in [3.05, 3.63) is 0 Å². The highest BCUT2D eigenvalue weighted by molar-refractivity contribution is 5.68. The molecule has 1 N–H and O–H groups in total. The first kappa shape index (κ1) is 13.4. The van der Waals surface area contributed by atoms with E-state index < -0.39 is 12.3 Å². The molecule has 0 aliphatic carbocycles. The standard InChI is InChI=1S/C10H20O4/c1-3-5-6-8-10(12)14-13-9(11)7-4-2/h9,11H,3-8H2,1-2H3. The van der Waals surface area contributed by atoms with Gasteiger partial charge in [-0.1, -0.05) is 33.1 Å². The Labute approximate surface area is 85.1 Å². The summed E-state index contributed by atoms with van der Waals surface area (Å²) in [5.74, 6) is -0.409. The predicted octanol–water partition coefficient (Wildman–Crippen LogP) is 2.16. The number of carbonyl (C=O) groups excluding carboxylic acids is 1. The Bertz CT molecular complexity index is 147. The number of carbonyl (C=O) groups is 1. The van der Waals surface area contributed by atoms with Gasteiger partial charge in [-0.05, 0) is 6.42 Å². The van der Waals surface area contributed by atoms with E-state index in [9.17, 15) is 4.79 Å². The first-order valence-corrected chi connectivity index (χ1v) is 5.24. The molecular weight excluding hydrogens is 184 g/mol. The van der Waals surface area contributed by atoms with Gasteiger partial charge in [0.1, 0.15) is 0 Å². The fourth-order valence-corrected chi connectivity index (χ4v) is 0.965. The van der Waals surface area contributed by atoms with Gasteiger partial charge < -0.3 is 5.11 Å². The zero-order valence-corrected chi connectivity index (χ0v) is 8.99. The van der Waals surface area contributed by atoms with Crippen LogP contribution in [0.2, 0.25) is 0 Å². The summed E-state index contributed by atoms with van der Waals surface area (Å²) in [6.07, 6.45) is 3.50. The van der Waals surface area contributed by atoms with Gasteiger partial charge in [-0.15, -0.1) is 0 Å². The first-order chi connectivity index (χ1) is 6.70. The van der Waals surface area contributed by atoms with E-state index >= 15 is 0 Å². The van der Waals surface area contributed by atoms with Crippen LogP contribution in [0.5, 0.6) is 0 Å². The molecule has 0 heterocycles. The van der Waals surface area contributed by atoms with Crippen LogP contribution in [0.15, 0.2) is 0 Å². The lowest BCUT2D eigenvalue weighted by atomic mass is 10.2. The maximum atomic E-state index is 11.0. The summed E-state index contributed by atoms with van der Waals surface area (Å²) in [6, 6.07) is 0. The summed E-state index contributed by atoms with van der Waals surface area (Å²) in [4.78, 5) is 19.9. The fraction of sp³-hybridized carbons (Fsp3) is 0.900. The molecule has 0 bridgehead atoms. The summed E-state index contributed by atoms with van der Waals surface area (Å²) < 4.78 is 0. The number of hydrogen-bond acceptors (Lipinski definition) is 4. The molecule has 0 spiro atoms. The first-order valence-electron chi connectivity index (χ1n) is 5.24. The quantitative estimate of drug-likeness (QED) is 0.285. The Morgan fingerprint density at radius 2 is 2.00 bits per heavy atom. The summed E-state index contributed by atoms with van der Waals surface area (Å²) in [6.45, 7) is 3.97. The fourth-order valence-electron chi connectivity index (χ4n) is 0.965. The average Bonchev–Trinajstić information content (AvgIpc) is 2.16. The van der Waals surface area contributed by atoms with Crippen LogP contribution in [0.3, 0.4) is 0 Å². The van der Waals surface area contributed by atoms with Crippen LogP contribution in [0.25, 0.3) is 0 Å². The van der Waals surface area contributed by atoms with E-state index in [1.165, 1.54) is 0 Å². The molecule has 4 nitrogen and oxygen atoms in total. The van der Waals surface area contributed by atoms with Gasteiger partial charge >= 0.3 is 5.97 Å². The van der Waals surface area contributed by atoms with E-state index in [1.54, 1.807) is 0 Å². The highest BCUT2D eigenvalue weighted by Gasteiger charge is 2.08. The van der Waals surface area contributed by atoms with E-state index in [1.807, 2.05) is 6.92 Å². The van der Waals surface area contributed by atoms with Crippen molar-refractivity contribution in [1.82, 2.24) is 0 Å². The van der Waals surface area contributed by atoms with Gasteiger partial charge in [0.15, 0.2) is 0 Å². The molecule has 84 valence electrons. The third-order valence-corrected chi connectivity index (χ3v) is 1.77. The maximum Gasteiger partial charge on any atom is 0.342 e. The van der Waals surface area contributed by atoms with Gasteiger partial charge in [0.05, 0.1) is 0 Å². The van der Waals surface area contributed by atoms with Crippen LogP contribution in [0, 0.1) is 0 Å². The zero-order valence-electron chi connectivity index (χ0n) is 8.99. The van der Waals surface area contributed by atoms with Crippen molar-refractivity contribution in [1.29, 1.82) is 0 Å². The van der Waals surface area contributed by atoms with Gasteiger partial charge in [0.2, 0.25) is 6.29 Å². The van der Waals surface area contributed by atoms with Crippen LogP contribution in [-0.2, 0) is 14.6 Å². The molecule has 0 saturated carbocycles. The number of rotatable bonds is 8. The Morgan fingerprint density at radius 1 is 1.29 bits per heavy atom. The lowest BCUT2D eigenvalue weighted by Gasteiger charge is -2.08. The van der Waals surface area contributed by atoms with Crippen molar-refractivity contribution in [2.75, 3.05) is 0 Å². The van der Waals surface area contributed by atoms with Crippen LogP contribution in [0.4, 0.5) is 0 Å². The second-order valence-electron chi connectivity index (χ2n) is 3.25. The maximum absolute atomic E-state index is 11.0. The minimum atomic E-state index is -0.991. The van der Waals surface area contributed by atoms with E-state index in [-0.39, 0.29) is 0 Å². The SMILES string of the molecule is CCCCCC(=O)OOC(O)CCC. The molecule has 0 aromatic carbocycles. The van der Waals surface area contributed by atoms with Crippen LogP contribution >= 0.6 is 0 Å². The molecule has 1 unspecified atom stereocenters. The van der Waals surface area contributed by atoms with Crippen molar-refractivity contribution in [3.63, 3.8) is 0 Å². The molecule has 0 fully saturated rings. The molecule has 0 saturated heterocycles. The molecule has 0 aliphatic heterocycles. The highest BCUT2D eigenvalue weighted by atomic mass is 17.2. The highest BCUT2D eigenvalue weighted by Crippen LogP contribution is 2.03. The smallest absolute Gasteiger partial charge is 0.342 e. The second kappa shape index (κ2) is 8.97. The number of aliphatic hydroxyl groups excluding tert-OH is 1. The predicted molar refractivity (Wildman–Crippen MR) is 52.2 cm³/mol. The molecule has 14 heavy (non-hydrogen) atoms. The van der Waals surface area contributed by atoms with Gasteiger partial charge in [0.25, 0.3) is 0 Å².